The number of alkyl halides is 1. The summed E-state index contributed by atoms with van der Waals surface area (Å²) in [5, 5.41) is 0. The molecule has 0 saturated carbocycles. The molecule has 94 valence electrons. The van der Waals surface area contributed by atoms with Gasteiger partial charge in [0.1, 0.15) is 5.75 Å². The Bertz CT molecular complexity index is 572. The summed E-state index contributed by atoms with van der Waals surface area (Å²) >= 11 is 9.21. The first-order chi connectivity index (χ1) is 8.60. The van der Waals surface area contributed by atoms with Gasteiger partial charge in [0.15, 0.2) is 11.6 Å². The van der Waals surface area contributed by atoms with Crippen LogP contribution in [-0.4, -0.2) is 0 Å². The maximum absolute atomic E-state index is 13.6. The average Bonchev–Trinajstić information content (AvgIpc) is 2.36. The van der Waals surface area contributed by atoms with E-state index in [1.54, 1.807) is 18.2 Å². The Morgan fingerprint density at radius 3 is 2.67 bits per heavy atom. The number of aryl methyl sites for hydroxylation is 1. The molecule has 2 aromatic rings. The van der Waals surface area contributed by atoms with Gasteiger partial charge < -0.3 is 4.74 Å². The number of hydrogen-bond acceptors (Lipinski definition) is 1. The lowest BCUT2D eigenvalue weighted by Gasteiger charge is -2.11. The Hall–Kier alpha value is -1.06. The minimum Gasteiger partial charge on any atom is -0.454 e. The van der Waals surface area contributed by atoms with Crippen LogP contribution in [0, 0.1) is 12.7 Å². The van der Waals surface area contributed by atoms with Gasteiger partial charge in [-0.15, -0.1) is 11.6 Å². The second-order valence-electron chi connectivity index (χ2n) is 3.92. The summed E-state index contributed by atoms with van der Waals surface area (Å²) in [6.45, 7) is 1.89. The normalized spacial score (nSPS) is 10.4. The van der Waals surface area contributed by atoms with Gasteiger partial charge in [-0.1, -0.05) is 22.0 Å². The van der Waals surface area contributed by atoms with Gasteiger partial charge in [0.2, 0.25) is 0 Å². The van der Waals surface area contributed by atoms with E-state index in [-0.39, 0.29) is 11.6 Å². The van der Waals surface area contributed by atoms with Crippen LogP contribution in [0.3, 0.4) is 0 Å². The number of rotatable bonds is 3. The first kappa shape index (κ1) is 13.4. The van der Waals surface area contributed by atoms with Crippen LogP contribution in [0.4, 0.5) is 4.39 Å². The molecule has 0 saturated heterocycles. The van der Waals surface area contributed by atoms with Crippen LogP contribution in [0.15, 0.2) is 40.9 Å². The number of ether oxygens (including phenoxy) is 1. The van der Waals surface area contributed by atoms with Crippen LogP contribution in [0.25, 0.3) is 0 Å². The maximum Gasteiger partial charge on any atom is 0.165 e. The summed E-state index contributed by atoms with van der Waals surface area (Å²) < 4.78 is 20.1. The molecule has 0 N–H and O–H groups in total. The van der Waals surface area contributed by atoms with Crippen molar-refractivity contribution in [1.29, 1.82) is 0 Å². The van der Waals surface area contributed by atoms with Crippen LogP contribution in [0.2, 0.25) is 0 Å². The Balaban J connectivity index is 2.36. The Morgan fingerprint density at radius 1 is 1.17 bits per heavy atom. The summed E-state index contributed by atoms with van der Waals surface area (Å²) in [4.78, 5) is 0. The molecule has 0 bridgehead atoms. The fraction of sp³-hybridized carbons (Fsp3) is 0.143. The lowest BCUT2D eigenvalue weighted by molar-refractivity contribution is 0.438. The van der Waals surface area contributed by atoms with Gasteiger partial charge >= 0.3 is 0 Å². The van der Waals surface area contributed by atoms with Crippen LogP contribution in [0.1, 0.15) is 11.1 Å². The summed E-state index contributed by atoms with van der Waals surface area (Å²) in [7, 11) is 0. The standard InChI is InChI=1S/C14H11BrClFO/c1-9-2-4-12(17)14(6-9)18-13-5-3-11(15)7-10(13)8-16/h2-7H,8H2,1H3. The largest absolute Gasteiger partial charge is 0.454 e. The zero-order valence-corrected chi connectivity index (χ0v) is 12.1. The van der Waals surface area contributed by atoms with Crippen molar-refractivity contribution in [1.82, 2.24) is 0 Å². The zero-order chi connectivity index (χ0) is 13.1. The molecule has 0 fully saturated rings. The van der Waals surface area contributed by atoms with Gasteiger partial charge in [0.05, 0.1) is 5.88 Å². The van der Waals surface area contributed by atoms with E-state index in [1.807, 2.05) is 19.1 Å². The Kier molecular flexibility index (Phi) is 4.25. The molecule has 0 aliphatic heterocycles. The molecule has 0 amide bonds. The van der Waals surface area contributed by atoms with E-state index in [0.29, 0.717) is 11.6 Å². The van der Waals surface area contributed by atoms with Crippen molar-refractivity contribution in [3.8, 4) is 11.5 Å². The predicted molar refractivity (Wildman–Crippen MR) is 74.9 cm³/mol. The first-order valence-corrected chi connectivity index (χ1v) is 6.71. The first-order valence-electron chi connectivity index (χ1n) is 5.38. The van der Waals surface area contributed by atoms with Crippen molar-refractivity contribution in [3.05, 3.63) is 57.8 Å². The van der Waals surface area contributed by atoms with Gasteiger partial charge in [-0.3, -0.25) is 0 Å². The van der Waals surface area contributed by atoms with Crippen LogP contribution in [-0.2, 0) is 5.88 Å². The Labute approximate surface area is 119 Å². The van der Waals surface area contributed by atoms with Gasteiger partial charge in [0.25, 0.3) is 0 Å². The molecule has 0 heterocycles. The molecule has 0 atom stereocenters. The molecule has 2 aromatic carbocycles. The SMILES string of the molecule is Cc1ccc(F)c(Oc2ccc(Br)cc2CCl)c1. The second-order valence-corrected chi connectivity index (χ2v) is 5.10. The molecule has 4 heteroatoms. The van der Waals surface area contributed by atoms with Crippen molar-refractivity contribution < 1.29 is 9.13 Å². The summed E-state index contributed by atoms with van der Waals surface area (Å²) in [6, 6.07) is 10.2. The molecule has 0 aliphatic rings. The van der Waals surface area contributed by atoms with E-state index in [4.69, 9.17) is 16.3 Å². The minimum absolute atomic E-state index is 0.212. The third-order valence-corrected chi connectivity index (χ3v) is 3.25. The van der Waals surface area contributed by atoms with Gasteiger partial charge in [-0.05, 0) is 42.8 Å². The molecule has 2 rings (SSSR count). The van der Waals surface area contributed by atoms with Crippen LogP contribution < -0.4 is 4.74 Å². The van der Waals surface area contributed by atoms with Crippen molar-refractivity contribution in [3.63, 3.8) is 0 Å². The van der Waals surface area contributed by atoms with Crippen LogP contribution >= 0.6 is 27.5 Å². The van der Waals surface area contributed by atoms with Crippen LogP contribution in [0.5, 0.6) is 11.5 Å². The molecular weight excluding hydrogens is 319 g/mol. The highest BCUT2D eigenvalue weighted by atomic mass is 79.9. The molecule has 0 radical (unpaired) electrons. The van der Waals surface area contributed by atoms with E-state index in [0.717, 1.165) is 15.6 Å². The summed E-state index contributed by atoms with van der Waals surface area (Å²) in [6.07, 6.45) is 0. The molecule has 0 spiro atoms. The topological polar surface area (TPSA) is 9.23 Å². The van der Waals surface area contributed by atoms with Gasteiger partial charge in [-0.25, -0.2) is 4.39 Å². The van der Waals surface area contributed by atoms with E-state index >= 15 is 0 Å². The van der Waals surface area contributed by atoms with Crippen molar-refractivity contribution in [2.75, 3.05) is 0 Å². The summed E-state index contributed by atoms with van der Waals surface area (Å²) in [5.74, 6) is 0.702. The molecule has 1 nitrogen and oxygen atoms in total. The quantitative estimate of drug-likeness (QED) is 0.682. The Morgan fingerprint density at radius 2 is 1.94 bits per heavy atom. The fourth-order valence-electron chi connectivity index (χ4n) is 1.56. The minimum atomic E-state index is -0.385. The average molecular weight is 330 g/mol. The second kappa shape index (κ2) is 5.72. The smallest absolute Gasteiger partial charge is 0.165 e. The maximum atomic E-state index is 13.6. The summed E-state index contributed by atoms with van der Waals surface area (Å²) in [5.41, 5.74) is 1.75. The van der Waals surface area contributed by atoms with E-state index in [1.165, 1.54) is 6.07 Å². The number of benzene rings is 2. The van der Waals surface area contributed by atoms with Gasteiger partial charge in [-0.2, -0.15) is 0 Å². The van der Waals surface area contributed by atoms with Crippen molar-refractivity contribution in [2.45, 2.75) is 12.8 Å². The predicted octanol–water partition coefficient (Wildman–Crippen LogP) is 5.43. The number of halogens is 3. The third-order valence-electron chi connectivity index (χ3n) is 2.47. The van der Waals surface area contributed by atoms with Crippen molar-refractivity contribution in [2.24, 2.45) is 0 Å². The molecule has 0 aliphatic carbocycles. The van der Waals surface area contributed by atoms with E-state index in [9.17, 15) is 4.39 Å². The van der Waals surface area contributed by atoms with Gasteiger partial charge in [0, 0.05) is 10.0 Å². The highest BCUT2D eigenvalue weighted by Crippen LogP contribution is 2.31. The zero-order valence-electron chi connectivity index (χ0n) is 9.71. The molecular formula is C14H11BrClFO. The molecule has 0 aromatic heterocycles. The molecule has 0 unspecified atom stereocenters. The monoisotopic (exact) mass is 328 g/mol. The fourth-order valence-corrected chi connectivity index (χ4v) is 2.18. The highest BCUT2D eigenvalue weighted by Gasteiger charge is 2.09. The molecule has 18 heavy (non-hydrogen) atoms. The van der Waals surface area contributed by atoms with E-state index < -0.39 is 0 Å². The lowest BCUT2D eigenvalue weighted by atomic mass is 10.2. The number of hydrogen-bond donors (Lipinski definition) is 0. The van der Waals surface area contributed by atoms with Crippen molar-refractivity contribution >= 4 is 27.5 Å². The lowest BCUT2D eigenvalue weighted by Crippen LogP contribution is -1.93. The highest BCUT2D eigenvalue weighted by molar-refractivity contribution is 9.10. The van der Waals surface area contributed by atoms with E-state index in [2.05, 4.69) is 15.9 Å². The third kappa shape index (κ3) is 3.03.